The van der Waals surface area contributed by atoms with Gasteiger partial charge in [-0.05, 0) is 17.7 Å². The zero-order valence-corrected chi connectivity index (χ0v) is 9.62. The summed E-state index contributed by atoms with van der Waals surface area (Å²) >= 11 is 0. The summed E-state index contributed by atoms with van der Waals surface area (Å²) in [5.41, 5.74) is -1.48. The molecule has 9 heteroatoms. The van der Waals surface area contributed by atoms with Crippen molar-refractivity contribution in [1.82, 2.24) is 0 Å². The quantitative estimate of drug-likeness (QED) is 0.503. The van der Waals surface area contributed by atoms with Crippen molar-refractivity contribution in [3.8, 4) is 11.8 Å². The average molecular weight is 284 g/mol. The first-order chi connectivity index (χ1) is 9.35. The van der Waals surface area contributed by atoms with Crippen LogP contribution in [-0.2, 0) is 4.79 Å². The second-order valence-electron chi connectivity index (χ2n) is 3.33. The number of carbonyl (C=O) groups is 1. The van der Waals surface area contributed by atoms with E-state index in [1.165, 1.54) is 6.07 Å². The van der Waals surface area contributed by atoms with Gasteiger partial charge in [0.25, 0.3) is 5.69 Å². The van der Waals surface area contributed by atoms with Gasteiger partial charge < -0.3 is 9.84 Å². The van der Waals surface area contributed by atoms with Crippen molar-refractivity contribution < 1.29 is 28.3 Å². The zero-order valence-electron chi connectivity index (χ0n) is 9.62. The van der Waals surface area contributed by atoms with Crippen molar-refractivity contribution in [2.75, 3.05) is 0 Å². The molecule has 1 aromatic carbocycles. The first kappa shape index (κ1) is 15.0. The second kappa shape index (κ2) is 6.24. The molecule has 0 bridgehead atoms. The van der Waals surface area contributed by atoms with Gasteiger partial charge in [-0.3, -0.25) is 10.1 Å². The monoisotopic (exact) mass is 284 g/mol. The summed E-state index contributed by atoms with van der Waals surface area (Å²) in [5.74, 6) is -2.02. The van der Waals surface area contributed by atoms with Crippen LogP contribution in [0.2, 0.25) is 0 Å². The zero-order chi connectivity index (χ0) is 15.3. The Hall–Kier alpha value is -3.02. The Kier molecular flexibility index (Phi) is 4.69. The summed E-state index contributed by atoms with van der Waals surface area (Å²) < 4.78 is 28.4. The van der Waals surface area contributed by atoms with E-state index in [4.69, 9.17) is 10.4 Å². The molecule has 0 saturated carbocycles. The van der Waals surface area contributed by atoms with Crippen molar-refractivity contribution in [2.45, 2.75) is 6.61 Å². The molecule has 0 aliphatic carbocycles. The van der Waals surface area contributed by atoms with Crippen LogP contribution in [0.15, 0.2) is 18.2 Å². The molecule has 1 rings (SSSR count). The van der Waals surface area contributed by atoms with E-state index in [0.717, 1.165) is 18.2 Å². The lowest BCUT2D eigenvalue weighted by Gasteiger charge is -2.07. The molecule has 7 nitrogen and oxygen atoms in total. The Labute approximate surface area is 110 Å². The largest absolute Gasteiger partial charge is 0.478 e. The third-order valence-corrected chi connectivity index (χ3v) is 2.05. The Morgan fingerprint density at radius 2 is 2.20 bits per heavy atom. The summed E-state index contributed by atoms with van der Waals surface area (Å²) in [4.78, 5) is 20.2. The number of hydrogen-bond acceptors (Lipinski definition) is 5. The maximum absolute atomic E-state index is 12.2. The molecule has 0 atom stereocenters. The molecule has 0 amide bonds. The SMILES string of the molecule is N#Cc1c(OC(F)F)cc(/C=C/C(=O)O)cc1[N+](=O)[O-]. The van der Waals surface area contributed by atoms with Crippen LogP contribution in [0, 0.1) is 21.4 Å². The number of carboxylic acids is 1. The highest BCUT2D eigenvalue weighted by Crippen LogP contribution is 2.31. The minimum absolute atomic E-state index is 0.0613. The molecule has 0 aliphatic rings. The summed E-state index contributed by atoms with van der Waals surface area (Å²) in [6.07, 6.45) is 1.62. The number of halogens is 2. The van der Waals surface area contributed by atoms with Gasteiger partial charge in [0.15, 0.2) is 11.3 Å². The smallest absolute Gasteiger partial charge is 0.387 e. The van der Waals surface area contributed by atoms with Crippen LogP contribution in [0.5, 0.6) is 5.75 Å². The number of nitro benzene ring substituents is 1. The highest BCUT2D eigenvalue weighted by Gasteiger charge is 2.22. The van der Waals surface area contributed by atoms with E-state index in [1.54, 1.807) is 0 Å². The minimum Gasteiger partial charge on any atom is -0.478 e. The maximum Gasteiger partial charge on any atom is 0.387 e. The second-order valence-corrected chi connectivity index (χ2v) is 3.33. The lowest BCUT2D eigenvalue weighted by atomic mass is 10.1. The Morgan fingerprint density at radius 1 is 1.55 bits per heavy atom. The van der Waals surface area contributed by atoms with Gasteiger partial charge in [0, 0.05) is 12.1 Å². The molecular weight excluding hydrogens is 278 g/mol. The Morgan fingerprint density at radius 3 is 2.65 bits per heavy atom. The average Bonchev–Trinajstić information content (AvgIpc) is 2.34. The molecule has 20 heavy (non-hydrogen) atoms. The van der Waals surface area contributed by atoms with E-state index in [2.05, 4.69) is 4.74 Å². The summed E-state index contributed by atoms with van der Waals surface area (Å²) in [6.45, 7) is -3.28. The van der Waals surface area contributed by atoms with Gasteiger partial charge >= 0.3 is 12.6 Å². The number of carboxylic acid groups (broad SMARTS) is 1. The number of nitriles is 1. The molecule has 0 fully saturated rings. The molecule has 0 heterocycles. The summed E-state index contributed by atoms with van der Waals surface area (Å²) in [7, 11) is 0. The molecule has 0 radical (unpaired) electrons. The Balaban J connectivity index is 3.43. The van der Waals surface area contributed by atoms with Crippen LogP contribution >= 0.6 is 0 Å². The van der Waals surface area contributed by atoms with Crippen molar-refractivity contribution in [3.63, 3.8) is 0 Å². The number of hydrogen-bond donors (Lipinski definition) is 1. The predicted molar refractivity (Wildman–Crippen MR) is 61.1 cm³/mol. The van der Waals surface area contributed by atoms with Crippen LogP contribution < -0.4 is 4.74 Å². The highest BCUT2D eigenvalue weighted by atomic mass is 19.3. The number of benzene rings is 1. The normalized spacial score (nSPS) is 10.5. The van der Waals surface area contributed by atoms with Crippen molar-refractivity contribution in [2.24, 2.45) is 0 Å². The van der Waals surface area contributed by atoms with Gasteiger partial charge in [-0.2, -0.15) is 14.0 Å². The van der Waals surface area contributed by atoms with Crippen LogP contribution in [0.4, 0.5) is 14.5 Å². The molecule has 0 saturated heterocycles. The number of rotatable bonds is 5. The third-order valence-electron chi connectivity index (χ3n) is 2.05. The standard InChI is InChI=1S/C11H6F2N2O5/c12-11(13)20-9-4-6(1-2-10(16)17)3-8(15(18)19)7(9)5-14/h1-4,11H,(H,16,17)/b2-1+. The van der Waals surface area contributed by atoms with Crippen molar-refractivity contribution >= 4 is 17.7 Å². The molecule has 0 unspecified atom stereocenters. The summed E-state index contributed by atoms with van der Waals surface area (Å²) in [6, 6.07) is 3.20. The number of ether oxygens (including phenoxy) is 1. The van der Waals surface area contributed by atoms with Crippen LogP contribution in [0.3, 0.4) is 0 Å². The van der Waals surface area contributed by atoms with Gasteiger partial charge in [-0.15, -0.1) is 0 Å². The van der Waals surface area contributed by atoms with Crippen LogP contribution in [0.25, 0.3) is 6.08 Å². The Bertz CT molecular complexity index is 622. The lowest BCUT2D eigenvalue weighted by Crippen LogP contribution is -2.05. The fraction of sp³-hybridized carbons (Fsp3) is 0.0909. The van der Waals surface area contributed by atoms with Gasteiger partial charge in [-0.25, -0.2) is 4.79 Å². The van der Waals surface area contributed by atoms with E-state index in [0.29, 0.717) is 6.08 Å². The van der Waals surface area contributed by atoms with E-state index in [9.17, 15) is 23.7 Å². The number of nitro groups is 1. The molecule has 1 N–H and O–H groups in total. The number of alkyl halides is 2. The third kappa shape index (κ3) is 3.74. The predicted octanol–water partition coefficient (Wildman–Crippen LogP) is 2.17. The van der Waals surface area contributed by atoms with Gasteiger partial charge in [-0.1, -0.05) is 0 Å². The molecule has 0 spiro atoms. The van der Waals surface area contributed by atoms with Crippen molar-refractivity contribution in [1.29, 1.82) is 5.26 Å². The molecule has 1 aromatic rings. The van der Waals surface area contributed by atoms with E-state index in [1.807, 2.05) is 0 Å². The number of aliphatic carboxylic acids is 1. The molecular formula is C11H6F2N2O5. The van der Waals surface area contributed by atoms with E-state index in [-0.39, 0.29) is 5.56 Å². The first-order valence-corrected chi connectivity index (χ1v) is 4.93. The minimum atomic E-state index is -3.28. The molecule has 0 aromatic heterocycles. The van der Waals surface area contributed by atoms with E-state index >= 15 is 0 Å². The van der Waals surface area contributed by atoms with Gasteiger partial charge in [0.2, 0.25) is 0 Å². The fourth-order valence-electron chi connectivity index (χ4n) is 1.33. The van der Waals surface area contributed by atoms with Gasteiger partial charge in [0.05, 0.1) is 4.92 Å². The van der Waals surface area contributed by atoms with E-state index < -0.39 is 34.5 Å². The molecule has 104 valence electrons. The maximum atomic E-state index is 12.2. The van der Waals surface area contributed by atoms with Gasteiger partial charge in [0.1, 0.15) is 6.07 Å². The highest BCUT2D eigenvalue weighted by molar-refractivity contribution is 5.85. The topological polar surface area (TPSA) is 113 Å². The fourth-order valence-corrected chi connectivity index (χ4v) is 1.33. The van der Waals surface area contributed by atoms with Crippen LogP contribution in [0.1, 0.15) is 11.1 Å². The van der Waals surface area contributed by atoms with Crippen LogP contribution in [-0.4, -0.2) is 22.6 Å². The first-order valence-electron chi connectivity index (χ1n) is 4.93. The summed E-state index contributed by atoms with van der Waals surface area (Å²) in [5, 5.41) is 28.0. The lowest BCUT2D eigenvalue weighted by molar-refractivity contribution is -0.385. The molecule has 0 aliphatic heterocycles. The van der Waals surface area contributed by atoms with Crippen molar-refractivity contribution in [3.05, 3.63) is 39.4 Å². The number of nitrogens with zero attached hydrogens (tertiary/aromatic N) is 2.